The Morgan fingerprint density at radius 3 is 2.52 bits per heavy atom. The third-order valence-electron chi connectivity index (χ3n) is 4.60. The Morgan fingerprint density at radius 1 is 1.10 bits per heavy atom. The molecule has 0 bridgehead atoms. The molecule has 0 atom stereocenters. The summed E-state index contributed by atoms with van der Waals surface area (Å²) in [4.78, 5) is 25.7. The Bertz CT molecular complexity index is 1180. The van der Waals surface area contributed by atoms with Gasteiger partial charge in [-0.15, -0.1) is 11.3 Å². The molecule has 1 amide bonds. The van der Waals surface area contributed by atoms with Gasteiger partial charge in [-0.1, -0.05) is 30.3 Å². The third kappa shape index (κ3) is 3.77. The highest BCUT2D eigenvalue weighted by Gasteiger charge is 2.17. The van der Waals surface area contributed by atoms with Gasteiger partial charge >= 0.3 is 5.97 Å². The summed E-state index contributed by atoms with van der Waals surface area (Å²) in [6, 6.07) is 18.7. The molecule has 0 unspecified atom stereocenters. The number of esters is 1. The molecule has 7 heteroatoms. The average molecular weight is 405 g/mol. The molecule has 146 valence electrons. The first-order chi connectivity index (χ1) is 14.1. The van der Waals surface area contributed by atoms with Crippen LogP contribution in [0.1, 0.15) is 31.3 Å². The van der Waals surface area contributed by atoms with Crippen LogP contribution in [0.3, 0.4) is 0 Å². The quantitative estimate of drug-likeness (QED) is 0.507. The largest absolute Gasteiger partial charge is 0.465 e. The van der Waals surface area contributed by atoms with Crippen LogP contribution in [0.15, 0.2) is 60.7 Å². The number of ether oxygens (including phenoxy) is 1. The predicted molar refractivity (Wildman–Crippen MR) is 113 cm³/mol. The second-order valence-corrected chi connectivity index (χ2v) is 7.56. The lowest BCUT2D eigenvalue weighted by atomic mass is 10.1. The van der Waals surface area contributed by atoms with Gasteiger partial charge in [0.2, 0.25) is 0 Å². The van der Waals surface area contributed by atoms with Gasteiger partial charge in [0.15, 0.2) is 0 Å². The summed E-state index contributed by atoms with van der Waals surface area (Å²) in [5.41, 5.74) is 3.23. The van der Waals surface area contributed by atoms with Crippen LogP contribution in [0, 0.1) is 6.92 Å². The highest BCUT2D eigenvalue weighted by atomic mass is 32.1. The van der Waals surface area contributed by atoms with Crippen molar-refractivity contribution in [2.24, 2.45) is 0 Å². The second-order valence-electron chi connectivity index (χ2n) is 6.53. The van der Waals surface area contributed by atoms with Gasteiger partial charge in [0.25, 0.3) is 5.91 Å². The first-order valence-electron chi connectivity index (χ1n) is 9.07. The topological polar surface area (TPSA) is 73.2 Å². The number of hydrogen-bond donors (Lipinski definition) is 1. The molecule has 0 aliphatic carbocycles. The van der Waals surface area contributed by atoms with Gasteiger partial charge in [0, 0.05) is 11.9 Å². The summed E-state index contributed by atoms with van der Waals surface area (Å²) in [6.07, 6.45) is 0. The van der Waals surface area contributed by atoms with E-state index in [1.807, 2.05) is 48.0 Å². The van der Waals surface area contributed by atoms with Crippen molar-refractivity contribution in [1.82, 2.24) is 15.1 Å². The Kier molecular flexibility index (Phi) is 5.14. The molecule has 6 nitrogen and oxygen atoms in total. The highest BCUT2D eigenvalue weighted by Crippen LogP contribution is 2.30. The number of aryl methyl sites for hydroxylation is 1. The number of nitrogens with zero attached hydrogens (tertiary/aromatic N) is 2. The number of thiophene rings is 1. The number of carbonyl (C=O) groups excluding carboxylic acids is 2. The van der Waals surface area contributed by atoms with Crippen molar-refractivity contribution in [1.29, 1.82) is 0 Å². The maximum atomic E-state index is 12.7. The van der Waals surface area contributed by atoms with E-state index >= 15 is 0 Å². The fraction of sp³-hybridized carbons (Fsp3) is 0.136. The number of para-hydroxylation sites is 1. The molecule has 2 aromatic carbocycles. The third-order valence-corrected chi connectivity index (χ3v) is 5.71. The molecular formula is C22H19N3O3S. The number of benzene rings is 2. The lowest BCUT2D eigenvalue weighted by Crippen LogP contribution is -2.21. The Hall–Kier alpha value is -3.45. The van der Waals surface area contributed by atoms with Crippen molar-refractivity contribution in [3.8, 4) is 5.69 Å². The number of amides is 1. The van der Waals surface area contributed by atoms with Crippen LogP contribution in [-0.4, -0.2) is 28.8 Å². The van der Waals surface area contributed by atoms with Crippen molar-refractivity contribution < 1.29 is 14.3 Å². The summed E-state index contributed by atoms with van der Waals surface area (Å²) < 4.78 is 6.56. The lowest BCUT2D eigenvalue weighted by Gasteiger charge is -2.05. The van der Waals surface area contributed by atoms with Crippen LogP contribution in [-0.2, 0) is 11.3 Å². The minimum atomic E-state index is -0.381. The monoisotopic (exact) mass is 405 g/mol. The predicted octanol–water partition coefficient (Wildman–Crippen LogP) is 4.11. The van der Waals surface area contributed by atoms with E-state index in [0.29, 0.717) is 17.0 Å². The van der Waals surface area contributed by atoms with Crippen molar-refractivity contribution in [2.75, 3.05) is 7.11 Å². The molecule has 29 heavy (non-hydrogen) atoms. The maximum absolute atomic E-state index is 12.7. The fourth-order valence-electron chi connectivity index (χ4n) is 3.05. The van der Waals surface area contributed by atoms with E-state index in [0.717, 1.165) is 27.2 Å². The smallest absolute Gasteiger partial charge is 0.337 e. The molecule has 0 saturated heterocycles. The molecule has 0 saturated carbocycles. The number of methoxy groups -OCH3 is 1. The Morgan fingerprint density at radius 2 is 1.83 bits per heavy atom. The van der Waals surface area contributed by atoms with Crippen LogP contribution in [0.2, 0.25) is 0 Å². The molecule has 1 N–H and O–H groups in total. The van der Waals surface area contributed by atoms with E-state index in [1.165, 1.54) is 18.4 Å². The zero-order chi connectivity index (χ0) is 20.4. The number of carbonyl (C=O) groups is 2. The molecular weight excluding hydrogens is 386 g/mol. The molecule has 2 aromatic heterocycles. The highest BCUT2D eigenvalue weighted by molar-refractivity contribution is 7.20. The standard InChI is InChI=1S/C22H19N3O3S/c1-14-18-12-19(29-21(18)25(24-14)17-6-4-3-5-7-17)20(26)23-13-15-8-10-16(11-9-15)22(27)28-2/h3-12H,13H2,1-2H3,(H,23,26). The number of aromatic nitrogens is 2. The summed E-state index contributed by atoms with van der Waals surface area (Å²) in [5.74, 6) is -0.518. The molecule has 0 aliphatic rings. The van der Waals surface area contributed by atoms with E-state index in [4.69, 9.17) is 4.74 Å². The van der Waals surface area contributed by atoms with Crippen LogP contribution in [0.5, 0.6) is 0 Å². The van der Waals surface area contributed by atoms with Gasteiger partial charge in [-0.2, -0.15) is 5.10 Å². The minimum absolute atomic E-state index is 0.137. The first-order valence-corrected chi connectivity index (χ1v) is 9.88. The van der Waals surface area contributed by atoms with Crippen molar-refractivity contribution in [3.63, 3.8) is 0 Å². The molecule has 0 aliphatic heterocycles. The SMILES string of the molecule is COC(=O)c1ccc(CNC(=O)c2cc3c(C)nn(-c4ccccc4)c3s2)cc1. The Labute approximate surface area is 171 Å². The van der Waals surface area contributed by atoms with Crippen molar-refractivity contribution >= 4 is 33.4 Å². The zero-order valence-electron chi connectivity index (χ0n) is 16.0. The molecule has 0 spiro atoms. The molecule has 0 fully saturated rings. The van der Waals surface area contributed by atoms with Gasteiger partial charge in [-0.25, -0.2) is 9.48 Å². The average Bonchev–Trinajstić information content (AvgIpc) is 3.33. The number of hydrogen-bond acceptors (Lipinski definition) is 5. The normalized spacial score (nSPS) is 10.8. The molecule has 2 heterocycles. The summed E-state index contributed by atoms with van der Waals surface area (Å²) in [5, 5.41) is 8.51. The molecule has 4 rings (SSSR count). The van der Waals surface area contributed by atoms with Crippen molar-refractivity contribution in [2.45, 2.75) is 13.5 Å². The van der Waals surface area contributed by atoms with E-state index in [-0.39, 0.29) is 11.9 Å². The van der Waals surface area contributed by atoms with Gasteiger partial charge < -0.3 is 10.1 Å². The summed E-state index contributed by atoms with van der Waals surface area (Å²) in [7, 11) is 1.35. The Balaban J connectivity index is 1.51. The molecule has 0 radical (unpaired) electrons. The first kappa shape index (κ1) is 18.9. The number of rotatable bonds is 5. The van der Waals surface area contributed by atoms with Crippen LogP contribution in [0.25, 0.3) is 15.9 Å². The summed E-state index contributed by atoms with van der Waals surface area (Å²) in [6.45, 7) is 2.32. The van der Waals surface area contributed by atoms with Crippen LogP contribution < -0.4 is 5.32 Å². The molecule has 4 aromatic rings. The van der Waals surface area contributed by atoms with E-state index in [2.05, 4.69) is 10.4 Å². The van der Waals surface area contributed by atoms with E-state index < -0.39 is 0 Å². The fourth-order valence-corrected chi connectivity index (χ4v) is 4.15. The van der Waals surface area contributed by atoms with E-state index in [1.54, 1.807) is 24.3 Å². The summed E-state index contributed by atoms with van der Waals surface area (Å²) >= 11 is 1.42. The zero-order valence-corrected chi connectivity index (χ0v) is 16.8. The maximum Gasteiger partial charge on any atom is 0.337 e. The van der Waals surface area contributed by atoms with Gasteiger partial charge in [0.05, 0.1) is 28.9 Å². The van der Waals surface area contributed by atoms with Crippen molar-refractivity contribution in [3.05, 3.63) is 82.4 Å². The van der Waals surface area contributed by atoms with Crippen LogP contribution in [0.4, 0.5) is 0 Å². The minimum Gasteiger partial charge on any atom is -0.465 e. The number of fused-ring (bicyclic) bond motifs is 1. The lowest BCUT2D eigenvalue weighted by molar-refractivity contribution is 0.0600. The van der Waals surface area contributed by atoms with Crippen LogP contribution >= 0.6 is 11.3 Å². The second kappa shape index (κ2) is 7.89. The van der Waals surface area contributed by atoms with Gasteiger partial charge in [0.1, 0.15) is 4.83 Å². The van der Waals surface area contributed by atoms with E-state index in [9.17, 15) is 9.59 Å². The van der Waals surface area contributed by atoms with Gasteiger partial charge in [-0.05, 0) is 42.8 Å². The van der Waals surface area contributed by atoms with Gasteiger partial charge in [-0.3, -0.25) is 4.79 Å². The number of nitrogens with one attached hydrogen (secondary N) is 1.